The molecule has 1 unspecified atom stereocenters. The van der Waals surface area contributed by atoms with E-state index in [1.807, 2.05) is 18.0 Å². The molecule has 6 heteroatoms. The molecule has 0 aromatic carbocycles. The second-order valence-electron chi connectivity index (χ2n) is 6.08. The average molecular weight is 333 g/mol. The molecule has 0 aliphatic carbocycles. The predicted molar refractivity (Wildman–Crippen MR) is 89.3 cm³/mol. The molecule has 5 nitrogen and oxygen atoms in total. The van der Waals surface area contributed by atoms with E-state index in [1.165, 1.54) is 5.56 Å². The molecule has 0 saturated carbocycles. The summed E-state index contributed by atoms with van der Waals surface area (Å²) in [5.74, 6) is 0.123. The Morgan fingerprint density at radius 2 is 2.35 bits per heavy atom. The zero-order chi connectivity index (χ0) is 16.2. The van der Waals surface area contributed by atoms with Gasteiger partial charge in [0.05, 0.1) is 11.2 Å². The zero-order valence-corrected chi connectivity index (χ0v) is 14.0. The number of rotatable bonds is 5. The first-order valence-corrected chi connectivity index (χ1v) is 8.38. The molecule has 0 spiro atoms. The molecule has 1 fully saturated rings. The quantitative estimate of drug-likeness (QED) is 0.846. The maximum atomic E-state index is 12.5. The Morgan fingerprint density at radius 1 is 1.48 bits per heavy atom. The molecular formula is C17H21ClN4O. The Kier molecular flexibility index (Phi) is 4.96. The van der Waals surface area contributed by atoms with Gasteiger partial charge in [-0.1, -0.05) is 11.6 Å². The average Bonchev–Trinajstić information content (AvgIpc) is 3.14. The maximum absolute atomic E-state index is 12.5. The van der Waals surface area contributed by atoms with Crippen molar-refractivity contribution in [3.8, 4) is 0 Å². The van der Waals surface area contributed by atoms with Crippen molar-refractivity contribution in [2.75, 3.05) is 6.54 Å². The smallest absolute Gasteiger partial charge is 0.244 e. The third-order valence-electron chi connectivity index (χ3n) is 4.32. The number of amides is 1. The summed E-state index contributed by atoms with van der Waals surface area (Å²) < 4.78 is 1.60. The molecule has 2 aromatic heterocycles. The summed E-state index contributed by atoms with van der Waals surface area (Å²) in [7, 11) is 0. The van der Waals surface area contributed by atoms with Crippen LogP contribution in [0.3, 0.4) is 0 Å². The standard InChI is InChI=1S/C17H21ClN4O/c1-13-9-14(6-7-19-13)4-5-16-3-2-8-22(16)17(23)12-21-11-15(18)10-20-21/h6-7,9-11,16H,2-5,8,12H2,1H3. The Balaban J connectivity index is 1.57. The largest absolute Gasteiger partial charge is 0.338 e. The van der Waals surface area contributed by atoms with Gasteiger partial charge in [0.1, 0.15) is 6.54 Å². The van der Waals surface area contributed by atoms with Crippen LogP contribution in [0.5, 0.6) is 0 Å². The minimum absolute atomic E-state index is 0.123. The van der Waals surface area contributed by atoms with E-state index in [-0.39, 0.29) is 12.5 Å². The predicted octanol–water partition coefficient (Wildman–Crippen LogP) is 2.86. The van der Waals surface area contributed by atoms with Gasteiger partial charge in [-0.25, -0.2) is 0 Å². The van der Waals surface area contributed by atoms with Gasteiger partial charge in [0.15, 0.2) is 0 Å². The molecule has 1 amide bonds. The monoisotopic (exact) mass is 332 g/mol. The lowest BCUT2D eigenvalue weighted by Crippen LogP contribution is -2.38. The van der Waals surface area contributed by atoms with Crippen molar-refractivity contribution in [3.05, 3.63) is 47.0 Å². The molecular weight excluding hydrogens is 312 g/mol. The van der Waals surface area contributed by atoms with Crippen LogP contribution in [-0.2, 0) is 17.8 Å². The number of aryl methyl sites for hydroxylation is 2. The summed E-state index contributed by atoms with van der Waals surface area (Å²) in [6.07, 6.45) is 9.22. The second-order valence-corrected chi connectivity index (χ2v) is 6.52. The van der Waals surface area contributed by atoms with E-state index in [4.69, 9.17) is 11.6 Å². The third-order valence-corrected chi connectivity index (χ3v) is 4.52. The first kappa shape index (κ1) is 16.0. The lowest BCUT2D eigenvalue weighted by Gasteiger charge is -2.25. The van der Waals surface area contributed by atoms with Gasteiger partial charge in [-0.2, -0.15) is 5.10 Å². The van der Waals surface area contributed by atoms with E-state index in [0.29, 0.717) is 11.1 Å². The van der Waals surface area contributed by atoms with Gasteiger partial charge in [0, 0.05) is 30.7 Å². The number of hydrogen-bond donors (Lipinski definition) is 0. The van der Waals surface area contributed by atoms with Gasteiger partial charge >= 0.3 is 0 Å². The number of nitrogens with zero attached hydrogens (tertiary/aromatic N) is 4. The molecule has 3 rings (SSSR count). The molecule has 3 heterocycles. The number of likely N-dealkylation sites (tertiary alicyclic amines) is 1. The van der Waals surface area contributed by atoms with E-state index in [1.54, 1.807) is 17.1 Å². The maximum Gasteiger partial charge on any atom is 0.244 e. The first-order chi connectivity index (χ1) is 11.1. The molecule has 23 heavy (non-hydrogen) atoms. The van der Waals surface area contributed by atoms with Crippen LogP contribution in [0.15, 0.2) is 30.7 Å². The molecule has 1 aliphatic heterocycles. The van der Waals surface area contributed by atoms with Crippen molar-refractivity contribution in [1.29, 1.82) is 0 Å². The van der Waals surface area contributed by atoms with Crippen LogP contribution in [0.2, 0.25) is 5.02 Å². The third kappa shape index (κ3) is 4.10. The molecule has 0 bridgehead atoms. The Hall–Kier alpha value is -1.88. The number of pyridine rings is 1. The highest BCUT2D eigenvalue weighted by Gasteiger charge is 2.28. The number of aromatic nitrogens is 3. The number of carbonyl (C=O) groups excluding carboxylic acids is 1. The highest BCUT2D eigenvalue weighted by atomic mass is 35.5. The Bertz CT molecular complexity index is 685. The van der Waals surface area contributed by atoms with Crippen molar-refractivity contribution in [1.82, 2.24) is 19.7 Å². The van der Waals surface area contributed by atoms with Crippen LogP contribution in [-0.4, -0.2) is 38.2 Å². The van der Waals surface area contributed by atoms with Crippen molar-refractivity contribution in [3.63, 3.8) is 0 Å². The summed E-state index contributed by atoms with van der Waals surface area (Å²) >= 11 is 5.85. The lowest BCUT2D eigenvalue weighted by molar-refractivity contribution is -0.132. The van der Waals surface area contributed by atoms with Gasteiger partial charge in [-0.15, -0.1) is 0 Å². The SMILES string of the molecule is Cc1cc(CCC2CCCN2C(=O)Cn2cc(Cl)cn2)ccn1. The van der Waals surface area contributed by atoms with E-state index >= 15 is 0 Å². The van der Waals surface area contributed by atoms with Gasteiger partial charge < -0.3 is 4.90 Å². The van der Waals surface area contributed by atoms with Crippen molar-refractivity contribution >= 4 is 17.5 Å². The molecule has 122 valence electrons. The fraction of sp³-hybridized carbons (Fsp3) is 0.471. The summed E-state index contributed by atoms with van der Waals surface area (Å²) in [6.45, 7) is 3.11. The fourth-order valence-corrected chi connectivity index (χ4v) is 3.37. The molecule has 0 N–H and O–H groups in total. The van der Waals surface area contributed by atoms with Crippen molar-refractivity contribution < 1.29 is 4.79 Å². The van der Waals surface area contributed by atoms with E-state index < -0.39 is 0 Å². The van der Waals surface area contributed by atoms with Gasteiger partial charge in [0.2, 0.25) is 5.91 Å². The second kappa shape index (κ2) is 7.13. The molecule has 2 aromatic rings. The summed E-state index contributed by atoms with van der Waals surface area (Å²) in [5.41, 5.74) is 2.33. The summed E-state index contributed by atoms with van der Waals surface area (Å²) in [6, 6.07) is 4.49. The van der Waals surface area contributed by atoms with E-state index in [9.17, 15) is 4.79 Å². The minimum atomic E-state index is 0.123. The van der Waals surface area contributed by atoms with Crippen LogP contribution in [0.4, 0.5) is 0 Å². The topological polar surface area (TPSA) is 51.0 Å². The highest BCUT2D eigenvalue weighted by Crippen LogP contribution is 2.22. The number of halogens is 1. The van der Waals surface area contributed by atoms with Crippen molar-refractivity contribution in [2.45, 2.75) is 45.2 Å². The lowest BCUT2D eigenvalue weighted by atomic mass is 10.0. The zero-order valence-electron chi connectivity index (χ0n) is 13.3. The van der Waals surface area contributed by atoms with Gasteiger partial charge in [-0.3, -0.25) is 14.5 Å². The Labute approximate surface area is 141 Å². The molecule has 1 atom stereocenters. The minimum Gasteiger partial charge on any atom is -0.338 e. The van der Waals surface area contributed by atoms with Gasteiger partial charge in [-0.05, 0) is 50.3 Å². The van der Waals surface area contributed by atoms with Crippen LogP contribution in [0, 0.1) is 6.92 Å². The van der Waals surface area contributed by atoms with Crippen LogP contribution >= 0.6 is 11.6 Å². The Morgan fingerprint density at radius 3 is 3.09 bits per heavy atom. The van der Waals surface area contributed by atoms with E-state index in [0.717, 1.165) is 37.9 Å². The van der Waals surface area contributed by atoms with Crippen LogP contribution < -0.4 is 0 Å². The molecule has 0 radical (unpaired) electrons. The van der Waals surface area contributed by atoms with Crippen LogP contribution in [0.1, 0.15) is 30.5 Å². The van der Waals surface area contributed by atoms with Crippen molar-refractivity contribution in [2.24, 2.45) is 0 Å². The molecule has 1 aliphatic rings. The number of hydrogen-bond acceptors (Lipinski definition) is 3. The van der Waals surface area contributed by atoms with Crippen LogP contribution in [0.25, 0.3) is 0 Å². The fourth-order valence-electron chi connectivity index (χ4n) is 3.21. The normalized spacial score (nSPS) is 17.7. The number of carbonyl (C=O) groups is 1. The summed E-state index contributed by atoms with van der Waals surface area (Å²) in [4.78, 5) is 18.7. The summed E-state index contributed by atoms with van der Waals surface area (Å²) in [5, 5.41) is 4.64. The van der Waals surface area contributed by atoms with E-state index in [2.05, 4.69) is 22.2 Å². The highest BCUT2D eigenvalue weighted by molar-refractivity contribution is 6.30. The first-order valence-electron chi connectivity index (χ1n) is 8.01. The van der Waals surface area contributed by atoms with Gasteiger partial charge in [0.25, 0.3) is 0 Å². The molecule has 1 saturated heterocycles.